The van der Waals surface area contributed by atoms with Crippen LogP contribution in [0.3, 0.4) is 0 Å². The van der Waals surface area contributed by atoms with Crippen LogP contribution in [0.15, 0.2) is 65.1 Å². The van der Waals surface area contributed by atoms with E-state index in [2.05, 4.69) is 34.1 Å². The fourth-order valence-corrected chi connectivity index (χ4v) is 3.46. The lowest BCUT2D eigenvalue weighted by Gasteiger charge is -2.34. The van der Waals surface area contributed by atoms with Crippen LogP contribution in [0.1, 0.15) is 22.0 Å². The van der Waals surface area contributed by atoms with Crippen molar-refractivity contribution in [2.24, 2.45) is 0 Å². The molecule has 0 unspecified atom stereocenters. The third kappa shape index (κ3) is 3.93. The van der Waals surface area contributed by atoms with Crippen LogP contribution in [0.5, 0.6) is 0 Å². The fourth-order valence-electron chi connectivity index (χ4n) is 3.46. The number of amides is 1. The van der Waals surface area contributed by atoms with Gasteiger partial charge in [-0.25, -0.2) is 4.98 Å². The van der Waals surface area contributed by atoms with Crippen LogP contribution < -0.4 is 0 Å². The Morgan fingerprint density at radius 3 is 2.26 bits per heavy atom. The van der Waals surface area contributed by atoms with Crippen molar-refractivity contribution in [3.05, 3.63) is 77.9 Å². The first-order chi connectivity index (χ1) is 13.2. The van der Waals surface area contributed by atoms with Gasteiger partial charge in [-0.15, -0.1) is 0 Å². The van der Waals surface area contributed by atoms with Crippen LogP contribution >= 0.6 is 0 Å². The van der Waals surface area contributed by atoms with Gasteiger partial charge in [0.05, 0.1) is 0 Å². The van der Waals surface area contributed by atoms with Crippen molar-refractivity contribution in [1.29, 1.82) is 0 Å². The van der Waals surface area contributed by atoms with E-state index in [9.17, 15) is 4.79 Å². The van der Waals surface area contributed by atoms with Gasteiger partial charge >= 0.3 is 0 Å². The maximum Gasteiger partial charge on any atom is 0.292 e. The van der Waals surface area contributed by atoms with Crippen LogP contribution in [-0.4, -0.2) is 46.9 Å². The SMILES string of the molecule is Cc1nc(-c2ccccc2)c(C(=O)N2CCN(Cc3ccccc3)CC2)o1. The maximum atomic E-state index is 13.0. The Balaban J connectivity index is 1.44. The van der Waals surface area contributed by atoms with E-state index in [0.717, 1.165) is 25.2 Å². The van der Waals surface area contributed by atoms with E-state index in [1.165, 1.54) is 5.56 Å². The molecule has 3 aromatic rings. The Bertz CT molecular complexity index is 898. The lowest BCUT2D eigenvalue weighted by Crippen LogP contribution is -2.48. The largest absolute Gasteiger partial charge is 0.435 e. The number of carbonyl (C=O) groups excluding carboxylic acids is 1. The number of hydrogen-bond acceptors (Lipinski definition) is 4. The molecular formula is C22H23N3O2. The minimum Gasteiger partial charge on any atom is -0.435 e. The second kappa shape index (κ2) is 7.76. The minimum absolute atomic E-state index is 0.0752. The zero-order valence-corrected chi connectivity index (χ0v) is 15.5. The first kappa shape index (κ1) is 17.5. The quantitative estimate of drug-likeness (QED) is 0.712. The molecule has 0 bridgehead atoms. The highest BCUT2D eigenvalue weighted by molar-refractivity contribution is 5.97. The third-order valence-corrected chi connectivity index (χ3v) is 4.88. The van der Waals surface area contributed by atoms with E-state index in [4.69, 9.17) is 4.42 Å². The summed E-state index contributed by atoms with van der Waals surface area (Å²) in [7, 11) is 0. The molecule has 1 saturated heterocycles. The third-order valence-electron chi connectivity index (χ3n) is 4.88. The molecule has 0 radical (unpaired) electrons. The molecular weight excluding hydrogens is 338 g/mol. The Morgan fingerprint density at radius 2 is 1.59 bits per heavy atom. The van der Waals surface area contributed by atoms with Gasteiger partial charge in [0.15, 0.2) is 5.89 Å². The number of rotatable bonds is 4. The average molecular weight is 361 g/mol. The molecule has 5 nitrogen and oxygen atoms in total. The van der Waals surface area contributed by atoms with Crippen LogP contribution in [0.2, 0.25) is 0 Å². The molecule has 1 amide bonds. The number of aryl methyl sites for hydroxylation is 1. The number of benzene rings is 2. The van der Waals surface area contributed by atoms with Gasteiger partial charge in [-0.3, -0.25) is 9.69 Å². The standard InChI is InChI=1S/C22H23N3O2/c1-17-23-20(19-10-6-3-7-11-19)21(27-17)22(26)25-14-12-24(13-15-25)16-18-8-4-2-5-9-18/h2-11H,12-16H2,1H3. The van der Waals surface area contributed by atoms with Crippen molar-refractivity contribution in [3.8, 4) is 11.3 Å². The molecule has 27 heavy (non-hydrogen) atoms. The van der Waals surface area contributed by atoms with E-state index in [0.29, 0.717) is 30.4 Å². The summed E-state index contributed by atoms with van der Waals surface area (Å²) >= 11 is 0. The van der Waals surface area contributed by atoms with E-state index >= 15 is 0 Å². The molecule has 4 rings (SSSR count). The van der Waals surface area contributed by atoms with E-state index in [1.54, 1.807) is 6.92 Å². The monoisotopic (exact) mass is 361 g/mol. The van der Waals surface area contributed by atoms with Gasteiger partial charge in [0.25, 0.3) is 5.91 Å². The second-order valence-corrected chi connectivity index (χ2v) is 6.83. The molecule has 2 aromatic carbocycles. The molecule has 0 saturated carbocycles. The smallest absolute Gasteiger partial charge is 0.292 e. The van der Waals surface area contributed by atoms with Crippen molar-refractivity contribution < 1.29 is 9.21 Å². The van der Waals surface area contributed by atoms with E-state index in [-0.39, 0.29) is 5.91 Å². The zero-order valence-electron chi connectivity index (χ0n) is 15.5. The number of piperazine rings is 1. The average Bonchev–Trinajstić information content (AvgIpc) is 3.11. The highest BCUT2D eigenvalue weighted by atomic mass is 16.4. The van der Waals surface area contributed by atoms with Crippen LogP contribution in [-0.2, 0) is 6.54 Å². The normalized spacial score (nSPS) is 15.1. The van der Waals surface area contributed by atoms with E-state index < -0.39 is 0 Å². The summed E-state index contributed by atoms with van der Waals surface area (Å²) in [6.45, 7) is 5.79. The minimum atomic E-state index is -0.0752. The molecule has 138 valence electrons. The Morgan fingerprint density at radius 1 is 0.963 bits per heavy atom. The molecule has 0 aliphatic carbocycles. The predicted molar refractivity (Wildman–Crippen MR) is 104 cm³/mol. The zero-order chi connectivity index (χ0) is 18.6. The Labute approximate surface area is 159 Å². The van der Waals surface area contributed by atoms with Gasteiger partial charge in [0.2, 0.25) is 5.76 Å². The number of aromatic nitrogens is 1. The van der Waals surface area contributed by atoms with Gasteiger partial charge in [-0.05, 0) is 5.56 Å². The molecule has 1 fully saturated rings. The highest BCUT2D eigenvalue weighted by Crippen LogP contribution is 2.25. The molecule has 1 aliphatic rings. The van der Waals surface area contributed by atoms with Crippen LogP contribution in [0.4, 0.5) is 0 Å². The number of hydrogen-bond donors (Lipinski definition) is 0. The van der Waals surface area contributed by atoms with Gasteiger partial charge in [0.1, 0.15) is 5.69 Å². The summed E-state index contributed by atoms with van der Waals surface area (Å²) < 4.78 is 5.69. The number of oxazole rings is 1. The molecule has 0 spiro atoms. The van der Waals surface area contributed by atoms with Crippen molar-refractivity contribution in [2.45, 2.75) is 13.5 Å². The summed E-state index contributed by atoms with van der Waals surface area (Å²) in [4.78, 5) is 21.7. The summed E-state index contributed by atoms with van der Waals surface area (Å²) in [6, 6.07) is 20.2. The number of carbonyl (C=O) groups is 1. The van der Waals surface area contributed by atoms with Gasteiger partial charge < -0.3 is 9.32 Å². The van der Waals surface area contributed by atoms with Crippen molar-refractivity contribution in [1.82, 2.24) is 14.8 Å². The van der Waals surface area contributed by atoms with Crippen molar-refractivity contribution in [3.63, 3.8) is 0 Å². The van der Waals surface area contributed by atoms with Gasteiger partial charge in [-0.2, -0.15) is 0 Å². The summed E-state index contributed by atoms with van der Waals surface area (Å²) in [6.07, 6.45) is 0. The molecule has 1 aliphatic heterocycles. The summed E-state index contributed by atoms with van der Waals surface area (Å²) in [5.41, 5.74) is 2.83. The van der Waals surface area contributed by atoms with Crippen LogP contribution in [0, 0.1) is 6.92 Å². The van der Waals surface area contributed by atoms with Gasteiger partial charge in [-0.1, -0.05) is 60.7 Å². The second-order valence-electron chi connectivity index (χ2n) is 6.83. The molecule has 2 heterocycles. The van der Waals surface area contributed by atoms with Crippen LogP contribution in [0.25, 0.3) is 11.3 Å². The topological polar surface area (TPSA) is 49.6 Å². The first-order valence-electron chi connectivity index (χ1n) is 9.29. The fraction of sp³-hybridized carbons (Fsp3) is 0.273. The van der Waals surface area contributed by atoms with Gasteiger partial charge in [0, 0.05) is 45.2 Å². The lowest BCUT2D eigenvalue weighted by atomic mass is 10.1. The molecule has 0 atom stereocenters. The van der Waals surface area contributed by atoms with E-state index in [1.807, 2.05) is 41.3 Å². The molecule has 5 heteroatoms. The Kier molecular flexibility index (Phi) is 5.03. The Hall–Kier alpha value is -2.92. The number of nitrogens with zero attached hydrogens (tertiary/aromatic N) is 3. The molecule has 1 aromatic heterocycles. The van der Waals surface area contributed by atoms with Crippen molar-refractivity contribution >= 4 is 5.91 Å². The summed E-state index contributed by atoms with van der Waals surface area (Å²) in [5, 5.41) is 0. The molecule has 0 N–H and O–H groups in total. The summed E-state index contributed by atoms with van der Waals surface area (Å²) in [5.74, 6) is 0.781. The van der Waals surface area contributed by atoms with Crippen molar-refractivity contribution in [2.75, 3.05) is 26.2 Å². The highest BCUT2D eigenvalue weighted by Gasteiger charge is 2.28. The lowest BCUT2D eigenvalue weighted by molar-refractivity contribution is 0.0597. The first-order valence-corrected chi connectivity index (χ1v) is 9.29. The maximum absolute atomic E-state index is 13.0. The predicted octanol–water partition coefficient (Wildman–Crippen LogP) is 3.61.